The number of aliphatic hydroxyl groups is 1. The van der Waals surface area contributed by atoms with Crippen molar-refractivity contribution in [1.29, 1.82) is 0 Å². The van der Waals surface area contributed by atoms with Gasteiger partial charge in [-0.1, -0.05) is 30.3 Å². The topological polar surface area (TPSA) is 243 Å². The number of carboxylic acid groups (broad SMARTS) is 1. The number of hydrogen-bond acceptors (Lipinski definition) is 8. The molecule has 4 unspecified atom stereocenters. The minimum atomic E-state index is -1.32. The lowest BCUT2D eigenvalue weighted by Crippen LogP contribution is -2.58. The van der Waals surface area contributed by atoms with Gasteiger partial charge in [0.1, 0.15) is 24.2 Å². The number of carbonyl (C=O) groups excluding carboxylic acids is 4. The maximum Gasteiger partial charge on any atom is 0.326 e. The Hall–Kier alpha value is -4.30. The van der Waals surface area contributed by atoms with Crippen molar-refractivity contribution in [1.82, 2.24) is 25.9 Å². The molecule has 4 amide bonds. The lowest BCUT2D eigenvalue weighted by molar-refractivity contribution is -0.142. The maximum atomic E-state index is 13.2. The molecule has 14 heteroatoms. The molecule has 0 aliphatic heterocycles. The number of benzene rings is 1. The molecule has 0 saturated heterocycles. The average molecular weight is 518 g/mol. The first-order valence-electron chi connectivity index (χ1n) is 11.4. The predicted octanol–water partition coefficient (Wildman–Crippen LogP) is -2.68. The number of amides is 4. The standard InChI is InChI=1S/C23H31N7O7/c24-15(11-31)20(33)28-16(6-7-19(25)32)21(34)29-17(8-13-4-2-1-3-5-13)22(35)30-18(23(36)37)9-14-10-26-12-27-14/h1-5,10,12,15-18,31H,6-9,11,24H2,(H2,25,32)(H,26,27)(H,28,33)(H,29,34)(H,30,35)(H,36,37). The first kappa shape index (κ1) is 28.9. The molecule has 2 rings (SSSR count). The molecule has 1 aromatic heterocycles. The maximum absolute atomic E-state index is 13.2. The van der Waals surface area contributed by atoms with Gasteiger partial charge in [-0.3, -0.25) is 19.2 Å². The van der Waals surface area contributed by atoms with Gasteiger partial charge in [-0.2, -0.15) is 0 Å². The highest BCUT2D eigenvalue weighted by atomic mass is 16.4. The molecule has 0 bridgehead atoms. The molecule has 0 spiro atoms. The molecule has 4 atom stereocenters. The van der Waals surface area contributed by atoms with Crippen LogP contribution in [0.5, 0.6) is 0 Å². The van der Waals surface area contributed by atoms with Crippen molar-refractivity contribution in [2.45, 2.75) is 49.9 Å². The van der Waals surface area contributed by atoms with E-state index >= 15 is 0 Å². The Balaban J connectivity index is 2.23. The zero-order valence-corrected chi connectivity index (χ0v) is 19.9. The Labute approximate surface area is 212 Å². The number of hydrogen-bond donors (Lipinski definition) is 8. The number of primary amides is 1. The molecule has 1 heterocycles. The largest absolute Gasteiger partial charge is 0.480 e. The van der Waals surface area contributed by atoms with Gasteiger partial charge in [0.2, 0.25) is 23.6 Å². The third-order valence-electron chi connectivity index (χ3n) is 5.35. The number of carboxylic acids is 1. The number of carbonyl (C=O) groups is 5. The van der Waals surface area contributed by atoms with E-state index < -0.39 is 60.4 Å². The van der Waals surface area contributed by atoms with Gasteiger partial charge in [0.25, 0.3) is 0 Å². The van der Waals surface area contributed by atoms with E-state index in [0.29, 0.717) is 11.3 Å². The summed E-state index contributed by atoms with van der Waals surface area (Å²) in [5.74, 6) is -4.47. The van der Waals surface area contributed by atoms with E-state index in [2.05, 4.69) is 25.9 Å². The number of aromatic amines is 1. The molecule has 0 fully saturated rings. The van der Waals surface area contributed by atoms with Crippen molar-refractivity contribution in [3.63, 3.8) is 0 Å². The molecule has 0 aliphatic rings. The van der Waals surface area contributed by atoms with Crippen molar-refractivity contribution in [2.75, 3.05) is 6.61 Å². The smallest absolute Gasteiger partial charge is 0.326 e. The number of imidazole rings is 1. The highest BCUT2D eigenvalue weighted by molar-refractivity contribution is 5.94. The summed E-state index contributed by atoms with van der Waals surface area (Å²) >= 11 is 0. The van der Waals surface area contributed by atoms with E-state index in [1.54, 1.807) is 30.3 Å². The first-order valence-corrected chi connectivity index (χ1v) is 11.4. The first-order chi connectivity index (χ1) is 17.6. The van der Waals surface area contributed by atoms with Gasteiger partial charge < -0.3 is 42.6 Å². The Morgan fingerprint density at radius 1 is 0.919 bits per heavy atom. The minimum absolute atomic E-state index is 0.00144. The average Bonchev–Trinajstić information content (AvgIpc) is 3.38. The van der Waals surface area contributed by atoms with Gasteiger partial charge in [-0.25, -0.2) is 9.78 Å². The quantitative estimate of drug-likeness (QED) is 0.122. The van der Waals surface area contributed by atoms with Gasteiger partial charge in [0.15, 0.2) is 0 Å². The molecule has 200 valence electrons. The SMILES string of the molecule is NC(=O)CCC(NC(=O)C(N)CO)C(=O)NC(Cc1ccccc1)C(=O)NC(Cc1cnc[nH]1)C(=O)O. The second kappa shape index (κ2) is 14.3. The van der Waals surface area contributed by atoms with Gasteiger partial charge in [0.05, 0.1) is 12.9 Å². The van der Waals surface area contributed by atoms with Gasteiger partial charge >= 0.3 is 5.97 Å². The Morgan fingerprint density at radius 3 is 2.11 bits per heavy atom. The van der Waals surface area contributed by atoms with Crippen LogP contribution in [-0.4, -0.2) is 80.6 Å². The van der Waals surface area contributed by atoms with Crippen LogP contribution in [0.3, 0.4) is 0 Å². The van der Waals surface area contributed by atoms with Crippen molar-refractivity contribution in [3.8, 4) is 0 Å². The fourth-order valence-corrected chi connectivity index (χ4v) is 3.34. The van der Waals surface area contributed by atoms with Crippen LogP contribution < -0.4 is 27.4 Å². The van der Waals surface area contributed by atoms with E-state index in [-0.39, 0.29) is 25.7 Å². The molecule has 0 radical (unpaired) electrons. The number of nitrogens with one attached hydrogen (secondary N) is 4. The van der Waals surface area contributed by atoms with Gasteiger partial charge in [0, 0.05) is 31.2 Å². The molecule has 10 N–H and O–H groups in total. The summed E-state index contributed by atoms with van der Waals surface area (Å²) < 4.78 is 0. The monoisotopic (exact) mass is 517 g/mol. The minimum Gasteiger partial charge on any atom is -0.480 e. The van der Waals surface area contributed by atoms with Crippen LogP contribution in [0.15, 0.2) is 42.9 Å². The third kappa shape index (κ3) is 9.70. The molecule has 14 nitrogen and oxygen atoms in total. The number of nitrogens with zero attached hydrogens (tertiary/aromatic N) is 1. The summed E-state index contributed by atoms with van der Waals surface area (Å²) in [5.41, 5.74) is 11.8. The number of H-pyrrole nitrogens is 1. The molecule has 37 heavy (non-hydrogen) atoms. The highest BCUT2D eigenvalue weighted by Gasteiger charge is 2.31. The van der Waals surface area contributed by atoms with Crippen LogP contribution in [0.2, 0.25) is 0 Å². The third-order valence-corrected chi connectivity index (χ3v) is 5.35. The van der Waals surface area contributed by atoms with E-state index in [9.17, 15) is 29.1 Å². The summed E-state index contributed by atoms with van der Waals surface area (Å²) in [6, 6.07) is 3.50. The van der Waals surface area contributed by atoms with Crippen LogP contribution in [0, 0.1) is 0 Å². The summed E-state index contributed by atoms with van der Waals surface area (Å²) in [6.07, 6.45) is 2.27. The number of aliphatic carboxylic acids is 1. The van der Waals surface area contributed by atoms with Crippen LogP contribution >= 0.6 is 0 Å². The molecule has 0 aliphatic carbocycles. The molecule has 2 aromatic rings. The second-order valence-electron chi connectivity index (χ2n) is 8.29. The fourth-order valence-electron chi connectivity index (χ4n) is 3.34. The Morgan fingerprint density at radius 2 is 1.54 bits per heavy atom. The molecule has 1 aromatic carbocycles. The summed E-state index contributed by atoms with van der Waals surface area (Å²) in [4.78, 5) is 68.1. The molecule has 0 saturated carbocycles. The van der Waals surface area contributed by atoms with E-state index in [4.69, 9.17) is 16.6 Å². The molecular weight excluding hydrogens is 486 g/mol. The lowest BCUT2D eigenvalue weighted by atomic mass is 10.0. The Bertz CT molecular complexity index is 1060. The number of rotatable bonds is 15. The van der Waals surface area contributed by atoms with Gasteiger partial charge in [-0.05, 0) is 12.0 Å². The van der Waals surface area contributed by atoms with Crippen LogP contribution in [0.4, 0.5) is 0 Å². The van der Waals surface area contributed by atoms with Crippen LogP contribution in [-0.2, 0) is 36.8 Å². The lowest BCUT2D eigenvalue weighted by Gasteiger charge is -2.25. The zero-order valence-electron chi connectivity index (χ0n) is 19.9. The summed E-state index contributed by atoms with van der Waals surface area (Å²) in [6.45, 7) is -0.679. The summed E-state index contributed by atoms with van der Waals surface area (Å²) in [7, 11) is 0. The second-order valence-corrected chi connectivity index (χ2v) is 8.29. The van der Waals surface area contributed by atoms with Crippen molar-refractivity contribution in [3.05, 3.63) is 54.1 Å². The van der Waals surface area contributed by atoms with Crippen LogP contribution in [0.1, 0.15) is 24.1 Å². The number of aliphatic hydroxyl groups excluding tert-OH is 1. The normalized spacial score (nSPS) is 14.0. The fraction of sp³-hybridized carbons (Fsp3) is 0.391. The number of nitrogens with two attached hydrogens (primary N) is 2. The molecular formula is C23H31N7O7. The predicted molar refractivity (Wildman–Crippen MR) is 129 cm³/mol. The highest BCUT2D eigenvalue weighted by Crippen LogP contribution is 2.07. The van der Waals surface area contributed by atoms with Crippen molar-refractivity contribution < 1.29 is 34.2 Å². The Kier molecular flexibility index (Phi) is 11.2. The summed E-state index contributed by atoms with van der Waals surface area (Å²) in [5, 5.41) is 26.0. The van der Waals surface area contributed by atoms with Gasteiger partial charge in [-0.15, -0.1) is 0 Å². The van der Waals surface area contributed by atoms with Crippen LogP contribution in [0.25, 0.3) is 0 Å². The zero-order chi connectivity index (χ0) is 27.4. The van der Waals surface area contributed by atoms with E-state index in [1.807, 2.05) is 0 Å². The van der Waals surface area contributed by atoms with Crippen molar-refractivity contribution >= 4 is 29.6 Å². The van der Waals surface area contributed by atoms with Crippen molar-refractivity contribution in [2.24, 2.45) is 11.5 Å². The van der Waals surface area contributed by atoms with E-state index in [1.165, 1.54) is 12.5 Å². The van der Waals surface area contributed by atoms with E-state index in [0.717, 1.165) is 0 Å². The number of aromatic nitrogens is 2.